The number of carbonyl (C=O) groups excluding carboxylic acids is 1. The van der Waals surface area contributed by atoms with Crippen molar-refractivity contribution in [3.63, 3.8) is 0 Å². The Morgan fingerprint density at radius 1 is 1.25 bits per heavy atom. The first kappa shape index (κ1) is 17.0. The van der Waals surface area contributed by atoms with Crippen molar-refractivity contribution in [1.29, 1.82) is 0 Å². The average molecular weight is 327 g/mol. The summed E-state index contributed by atoms with van der Waals surface area (Å²) in [6.07, 6.45) is 5.07. The molecule has 3 rings (SSSR count). The highest BCUT2D eigenvalue weighted by atomic mass is 16.2. The van der Waals surface area contributed by atoms with Gasteiger partial charge < -0.3 is 14.8 Å². The molecule has 2 aromatic rings. The number of hydrogen-bond acceptors (Lipinski definition) is 2. The van der Waals surface area contributed by atoms with E-state index < -0.39 is 0 Å². The van der Waals surface area contributed by atoms with E-state index in [0.717, 1.165) is 45.4 Å². The molecule has 1 N–H and O–H groups in total. The van der Waals surface area contributed by atoms with E-state index in [1.807, 2.05) is 4.90 Å². The van der Waals surface area contributed by atoms with Crippen molar-refractivity contribution in [2.24, 2.45) is 5.92 Å². The Kier molecular flexibility index (Phi) is 5.24. The summed E-state index contributed by atoms with van der Waals surface area (Å²) in [5.74, 6) is 0.402. The molecule has 0 fully saturated rings. The lowest BCUT2D eigenvalue weighted by molar-refractivity contribution is -0.136. The van der Waals surface area contributed by atoms with Crippen molar-refractivity contribution in [3.05, 3.63) is 35.5 Å². The second-order valence-corrected chi connectivity index (χ2v) is 6.91. The van der Waals surface area contributed by atoms with E-state index in [1.165, 1.54) is 22.0 Å². The summed E-state index contributed by atoms with van der Waals surface area (Å²) >= 11 is 0. The Balaban J connectivity index is 1.90. The summed E-state index contributed by atoms with van der Waals surface area (Å²) in [5, 5.41) is 1.38. The molecule has 24 heavy (non-hydrogen) atoms. The lowest BCUT2D eigenvalue weighted by atomic mass is 9.93. The number of carbonyl (C=O) groups is 1. The van der Waals surface area contributed by atoms with Gasteiger partial charge in [0.15, 0.2) is 0 Å². The number of aromatic nitrogens is 1. The quantitative estimate of drug-likeness (QED) is 0.941. The van der Waals surface area contributed by atoms with Gasteiger partial charge in [-0.1, -0.05) is 12.1 Å². The highest BCUT2D eigenvalue weighted by Gasteiger charge is 2.25. The highest BCUT2D eigenvalue weighted by Crippen LogP contribution is 2.27. The molecule has 1 aromatic heterocycles. The molecular weight excluding hydrogens is 298 g/mol. The maximum Gasteiger partial charge on any atom is 0.226 e. The summed E-state index contributed by atoms with van der Waals surface area (Å²) in [6, 6.07) is 6.50. The van der Waals surface area contributed by atoms with Gasteiger partial charge in [0.05, 0.1) is 5.92 Å². The molecule has 0 bridgehead atoms. The topological polar surface area (TPSA) is 39.3 Å². The summed E-state index contributed by atoms with van der Waals surface area (Å²) < 4.78 is 0. The molecule has 0 aliphatic carbocycles. The number of aromatic amines is 1. The first-order valence-corrected chi connectivity index (χ1v) is 9.19. The molecule has 1 aromatic carbocycles. The first-order valence-electron chi connectivity index (χ1n) is 9.19. The second-order valence-electron chi connectivity index (χ2n) is 6.91. The van der Waals surface area contributed by atoms with Crippen LogP contribution >= 0.6 is 0 Å². The molecule has 1 aliphatic heterocycles. The monoisotopic (exact) mass is 327 g/mol. The van der Waals surface area contributed by atoms with E-state index in [-0.39, 0.29) is 5.92 Å². The predicted octanol–water partition coefficient (Wildman–Crippen LogP) is 3.07. The summed E-state index contributed by atoms with van der Waals surface area (Å²) in [6.45, 7) is 7.57. The molecule has 0 saturated carbocycles. The number of likely N-dealkylation sites (N-methyl/N-ethyl adjacent to an activating group) is 1. The minimum atomic E-state index is 0.0886. The number of H-pyrrole nitrogens is 1. The van der Waals surface area contributed by atoms with Crippen molar-refractivity contribution in [2.75, 3.05) is 33.2 Å². The molecule has 4 heteroatoms. The molecule has 0 radical (unpaired) electrons. The Bertz CT molecular complexity index is 702. The fourth-order valence-electron chi connectivity index (χ4n) is 3.94. The van der Waals surface area contributed by atoms with Crippen LogP contribution in [-0.4, -0.2) is 53.9 Å². The average Bonchev–Trinajstić information content (AvgIpc) is 3.01. The minimum absolute atomic E-state index is 0.0886. The van der Waals surface area contributed by atoms with Gasteiger partial charge in [0, 0.05) is 43.3 Å². The summed E-state index contributed by atoms with van der Waals surface area (Å²) in [7, 11) is 2.14. The van der Waals surface area contributed by atoms with E-state index in [4.69, 9.17) is 0 Å². The maximum atomic E-state index is 12.9. The predicted molar refractivity (Wildman–Crippen MR) is 99.2 cm³/mol. The van der Waals surface area contributed by atoms with Gasteiger partial charge in [0.25, 0.3) is 0 Å². The standard InChI is InChI=1S/C20H29N3O/c1-4-23(5-2)20(24)17-10-9-15-7-6-8-18-19(15)16(13-21-18)11-12-22(3)14-17/h6-8,13,17,21H,4-5,9-12,14H2,1-3H3. The van der Waals surface area contributed by atoms with Crippen LogP contribution in [0.5, 0.6) is 0 Å². The third-order valence-corrected chi connectivity index (χ3v) is 5.36. The number of hydrogen-bond donors (Lipinski definition) is 1. The van der Waals surface area contributed by atoms with E-state index in [1.54, 1.807) is 0 Å². The van der Waals surface area contributed by atoms with Crippen molar-refractivity contribution in [2.45, 2.75) is 33.1 Å². The number of aryl methyl sites for hydroxylation is 1. The summed E-state index contributed by atoms with van der Waals surface area (Å²) in [5.41, 5.74) is 4.00. The van der Waals surface area contributed by atoms with Crippen LogP contribution in [0, 0.1) is 5.92 Å². The number of nitrogens with zero attached hydrogens (tertiary/aromatic N) is 2. The molecular formula is C20H29N3O. The maximum absolute atomic E-state index is 12.9. The molecule has 1 atom stereocenters. The van der Waals surface area contributed by atoms with Gasteiger partial charge >= 0.3 is 0 Å². The van der Waals surface area contributed by atoms with Crippen LogP contribution in [-0.2, 0) is 17.6 Å². The van der Waals surface area contributed by atoms with Crippen molar-refractivity contribution in [1.82, 2.24) is 14.8 Å². The van der Waals surface area contributed by atoms with Crippen LogP contribution in [0.3, 0.4) is 0 Å². The third-order valence-electron chi connectivity index (χ3n) is 5.36. The fourth-order valence-corrected chi connectivity index (χ4v) is 3.94. The van der Waals surface area contributed by atoms with E-state index in [2.05, 4.69) is 55.2 Å². The molecule has 2 heterocycles. The lowest BCUT2D eigenvalue weighted by Gasteiger charge is -2.29. The van der Waals surface area contributed by atoms with E-state index >= 15 is 0 Å². The van der Waals surface area contributed by atoms with Gasteiger partial charge in [-0.2, -0.15) is 0 Å². The zero-order valence-electron chi connectivity index (χ0n) is 15.1. The highest BCUT2D eigenvalue weighted by molar-refractivity contribution is 5.87. The van der Waals surface area contributed by atoms with Crippen molar-refractivity contribution >= 4 is 16.8 Å². The zero-order valence-corrected chi connectivity index (χ0v) is 15.1. The molecule has 1 aliphatic rings. The van der Waals surface area contributed by atoms with Crippen LogP contribution in [0.4, 0.5) is 0 Å². The molecule has 130 valence electrons. The molecule has 0 saturated heterocycles. The third kappa shape index (κ3) is 3.34. The van der Waals surface area contributed by atoms with Crippen LogP contribution in [0.25, 0.3) is 10.9 Å². The van der Waals surface area contributed by atoms with Crippen LogP contribution in [0.1, 0.15) is 31.4 Å². The second kappa shape index (κ2) is 7.39. The lowest BCUT2D eigenvalue weighted by Crippen LogP contribution is -2.41. The van der Waals surface area contributed by atoms with Gasteiger partial charge in [0.2, 0.25) is 5.91 Å². The number of benzene rings is 1. The van der Waals surface area contributed by atoms with Crippen molar-refractivity contribution < 1.29 is 4.79 Å². The Morgan fingerprint density at radius 3 is 2.79 bits per heavy atom. The number of nitrogens with one attached hydrogen (secondary N) is 1. The largest absolute Gasteiger partial charge is 0.361 e. The normalized spacial score (nSPS) is 19.4. The molecule has 1 unspecified atom stereocenters. The van der Waals surface area contributed by atoms with Crippen LogP contribution in [0.15, 0.2) is 24.4 Å². The Labute approximate surface area is 144 Å². The zero-order chi connectivity index (χ0) is 17.1. The smallest absolute Gasteiger partial charge is 0.226 e. The SMILES string of the molecule is CCN(CC)C(=O)C1CCc2cccc3[nH]cc(c23)CCN(C)C1. The number of amides is 1. The first-order chi connectivity index (χ1) is 11.6. The van der Waals surface area contributed by atoms with E-state index in [9.17, 15) is 4.79 Å². The fraction of sp³-hybridized carbons (Fsp3) is 0.550. The molecule has 1 amide bonds. The molecule has 4 nitrogen and oxygen atoms in total. The van der Waals surface area contributed by atoms with Crippen molar-refractivity contribution in [3.8, 4) is 0 Å². The van der Waals surface area contributed by atoms with Crippen LogP contribution < -0.4 is 0 Å². The van der Waals surface area contributed by atoms with Gasteiger partial charge in [-0.25, -0.2) is 0 Å². The van der Waals surface area contributed by atoms with Gasteiger partial charge in [0.1, 0.15) is 0 Å². The van der Waals surface area contributed by atoms with Crippen LogP contribution in [0.2, 0.25) is 0 Å². The number of rotatable bonds is 3. The molecule has 0 spiro atoms. The minimum Gasteiger partial charge on any atom is -0.361 e. The van der Waals surface area contributed by atoms with Gasteiger partial charge in [-0.05, 0) is 57.4 Å². The Morgan fingerprint density at radius 2 is 2.04 bits per heavy atom. The van der Waals surface area contributed by atoms with Gasteiger partial charge in [-0.3, -0.25) is 4.79 Å². The summed E-state index contributed by atoms with van der Waals surface area (Å²) in [4.78, 5) is 20.6. The van der Waals surface area contributed by atoms with Gasteiger partial charge in [-0.15, -0.1) is 0 Å². The Hall–Kier alpha value is -1.81. The van der Waals surface area contributed by atoms with E-state index in [0.29, 0.717) is 5.91 Å².